The van der Waals surface area contributed by atoms with Crippen molar-refractivity contribution in [1.29, 1.82) is 0 Å². The molecule has 3 rings (SSSR count). The molecule has 2 unspecified atom stereocenters. The first-order valence-electron chi connectivity index (χ1n) is 6.48. The fourth-order valence-electron chi connectivity index (χ4n) is 2.91. The van der Waals surface area contributed by atoms with Crippen molar-refractivity contribution in [2.24, 2.45) is 0 Å². The van der Waals surface area contributed by atoms with Gasteiger partial charge in [-0.05, 0) is 49.6 Å². The molecule has 100 valence electrons. The van der Waals surface area contributed by atoms with Crippen LogP contribution in [0.25, 0.3) is 0 Å². The molecule has 1 aromatic carbocycles. The number of nitrogens with zero attached hydrogens (tertiary/aromatic N) is 2. The summed E-state index contributed by atoms with van der Waals surface area (Å²) in [6.07, 6.45) is 0.283. The van der Waals surface area contributed by atoms with Gasteiger partial charge in [0.2, 0.25) is 0 Å². The highest BCUT2D eigenvalue weighted by Gasteiger charge is 2.33. The summed E-state index contributed by atoms with van der Waals surface area (Å²) in [6, 6.07) is 7.91. The van der Waals surface area contributed by atoms with E-state index in [9.17, 15) is 5.11 Å². The van der Waals surface area contributed by atoms with Gasteiger partial charge in [-0.1, -0.05) is 6.07 Å². The number of aliphatic hydroxyl groups excluding tert-OH is 1. The van der Waals surface area contributed by atoms with Crippen LogP contribution in [0.1, 0.15) is 34.7 Å². The Morgan fingerprint density at radius 3 is 2.74 bits per heavy atom. The Labute approximate surface area is 112 Å². The van der Waals surface area contributed by atoms with Gasteiger partial charge in [0.25, 0.3) is 0 Å². The Morgan fingerprint density at radius 2 is 2.11 bits per heavy atom. The lowest BCUT2D eigenvalue weighted by atomic mass is 10.1. The Hall–Kier alpha value is -1.81. The summed E-state index contributed by atoms with van der Waals surface area (Å²) in [4.78, 5) is 0. The molecular weight excluding hydrogens is 240 g/mol. The highest BCUT2D eigenvalue weighted by molar-refractivity contribution is 5.41. The van der Waals surface area contributed by atoms with Crippen molar-refractivity contribution in [2.45, 2.75) is 32.4 Å². The monoisotopic (exact) mass is 258 g/mol. The number of aryl methyl sites for hydroxylation is 2. The van der Waals surface area contributed by atoms with E-state index >= 15 is 0 Å². The first-order valence-corrected chi connectivity index (χ1v) is 6.48. The first-order chi connectivity index (χ1) is 9.10. The molecule has 19 heavy (non-hydrogen) atoms. The van der Waals surface area contributed by atoms with Crippen LogP contribution in [0.15, 0.2) is 24.3 Å². The van der Waals surface area contributed by atoms with E-state index < -0.39 is 6.10 Å². The molecule has 0 saturated heterocycles. The number of hydrogen-bond acceptors (Lipinski definition) is 3. The average molecular weight is 258 g/mol. The molecule has 1 heterocycles. The minimum absolute atomic E-state index is 0.0178. The van der Waals surface area contributed by atoms with E-state index in [4.69, 9.17) is 4.74 Å². The maximum Gasteiger partial charge on any atom is 0.119 e. The summed E-state index contributed by atoms with van der Waals surface area (Å²) in [5.74, 6) is 0.784. The molecule has 0 radical (unpaired) electrons. The second-order valence-electron chi connectivity index (χ2n) is 5.15. The summed E-state index contributed by atoms with van der Waals surface area (Å²) >= 11 is 0. The van der Waals surface area contributed by atoms with Crippen LogP contribution in [0.4, 0.5) is 0 Å². The van der Waals surface area contributed by atoms with Crippen molar-refractivity contribution >= 4 is 0 Å². The van der Waals surface area contributed by atoms with Crippen molar-refractivity contribution in [3.8, 4) is 5.75 Å². The van der Waals surface area contributed by atoms with Gasteiger partial charge in [-0.3, -0.25) is 4.68 Å². The van der Waals surface area contributed by atoms with Crippen LogP contribution in [-0.2, 0) is 6.42 Å². The number of fused-ring (bicyclic) bond motifs is 1. The number of hydrogen-bond donors (Lipinski definition) is 1. The van der Waals surface area contributed by atoms with Crippen molar-refractivity contribution in [2.75, 3.05) is 7.11 Å². The van der Waals surface area contributed by atoms with Gasteiger partial charge in [-0.15, -0.1) is 0 Å². The van der Waals surface area contributed by atoms with Gasteiger partial charge in [0.05, 0.1) is 18.8 Å². The summed E-state index contributed by atoms with van der Waals surface area (Å²) < 4.78 is 7.16. The van der Waals surface area contributed by atoms with Gasteiger partial charge in [-0.25, -0.2) is 0 Å². The van der Waals surface area contributed by atoms with Gasteiger partial charge in [0.15, 0.2) is 0 Å². The minimum atomic E-state index is -0.525. The fraction of sp³-hybridized carbons (Fsp3) is 0.400. The average Bonchev–Trinajstić information content (AvgIpc) is 2.89. The van der Waals surface area contributed by atoms with E-state index in [0.29, 0.717) is 0 Å². The highest BCUT2D eigenvalue weighted by Crippen LogP contribution is 2.41. The molecule has 0 fully saturated rings. The molecule has 0 bridgehead atoms. The van der Waals surface area contributed by atoms with E-state index in [0.717, 1.165) is 29.1 Å². The number of aliphatic hydroxyl groups is 1. The summed E-state index contributed by atoms with van der Waals surface area (Å²) in [5.41, 5.74) is 4.20. The second-order valence-corrected chi connectivity index (χ2v) is 5.15. The molecule has 2 atom stereocenters. The molecule has 1 aromatic heterocycles. The van der Waals surface area contributed by atoms with Crippen molar-refractivity contribution in [3.05, 3.63) is 46.8 Å². The van der Waals surface area contributed by atoms with Crippen LogP contribution >= 0.6 is 0 Å². The van der Waals surface area contributed by atoms with Crippen molar-refractivity contribution in [3.63, 3.8) is 0 Å². The predicted molar refractivity (Wildman–Crippen MR) is 72.4 cm³/mol. The summed E-state index contributed by atoms with van der Waals surface area (Å²) in [6.45, 7) is 4.00. The number of benzene rings is 1. The molecule has 4 heteroatoms. The largest absolute Gasteiger partial charge is 0.497 e. The minimum Gasteiger partial charge on any atom is -0.497 e. The zero-order valence-corrected chi connectivity index (χ0v) is 11.4. The van der Waals surface area contributed by atoms with E-state index in [2.05, 4.69) is 5.10 Å². The van der Waals surface area contributed by atoms with Crippen LogP contribution < -0.4 is 4.74 Å². The second kappa shape index (κ2) is 4.38. The molecule has 1 aliphatic carbocycles. The van der Waals surface area contributed by atoms with Gasteiger partial charge in [0, 0.05) is 5.69 Å². The lowest BCUT2D eigenvalue weighted by Crippen LogP contribution is -2.16. The molecule has 2 aromatic rings. The molecule has 1 N–H and O–H groups in total. The summed E-state index contributed by atoms with van der Waals surface area (Å²) in [7, 11) is 1.64. The van der Waals surface area contributed by atoms with Gasteiger partial charge < -0.3 is 9.84 Å². The van der Waals surface area contributed by atoms with Crippen LogP contribution in [0, 0.1) is 13.8 Å². The Balaban J connectivity index is 1.99. The molecule has 4 nitrogen and oxygen atoms in total. The molecule has 0 aliphatic heterocycles. The highest BCUT2D eigenvalue weighted by atomic mass is 16.5. The third kappa shape index (κ3) is 1.92. The predicted octanol–water partition coefficient (Wildman–Crippen LogP) is 2.34. The topological polar surface area (TPSA) is 47.3 Å². The van der Waals surface area contributed by atoms with E-state index in [1.165, 1.54) is 5.56 Å². The van der Waals surface area contributed by atoms with Crippen LogP contribution in [-0.4, -0.2) is 22.0 Å². The number of ether oxygens (including phenoxy) is 1. The Bertz CT molecular complexity index is 619. The SMILES string of the molecule is COc1ccc2c(c1)C(O)C(n1nc(C)cc1C)C2. The summed E-state index contributed by atoms with van der Waals surface area (Å²) in [5, 5.41) is 15.0. The molecule has 0 saturated carbocycles. The van der Waals surface area contributed by atoms with Crippen LogP contribution in [0.3, 0.4) is 0 Å². The van der Waals surface area contributed by atoms with E-state index in [-0.39, 0.29) is 6.04 Å². The number of rotatable bonds is 2. The smallest absolute Gasteiger partial charge is 0.119 e. The quantitative estimate of drug-likeness (QED) is 0.899. The molecule has 0 amide bonds. The first kappa shape index (κ1) is 12.2. The van der Waals surface area contributed by atoms with Crippen LogP contribution in [0.2, 0.25) is 0 Å². The van der Waals surface area contributed by atoms with Crippen molar-refractivity contribution < 1.29 is 9.84 Å². The molecule has 0 spiro atoms. The van der Waals surface area contributed by atoms with E-state index in [1.54, 1.807) is 7.11 Å². The third-order valence-electron chi connectivity index (χ3n) is 3.82. The Morgan fingerprint density at radius 1 is 1.32 bits per heavy atom. The standard InChI is InChI=1S/C15H18N2O2/c1-9-6-10(2)17(16-9)14-7-11-4-5-12(19-3)8-13(11)15(14)18/h4-6,8,14-15,18H,7H2,1-3H3. The Kier molecular flexibility index (Phi) is 2.82. The third-order valence-corrected chi connectivity index (χ3v) is 3.82. The maximum atomic E-state index is 10.5. The normalized spacial score (nSPS) is 21.5. The number of methoxy groups -OCH3 is 1. The van der Waals surface area contributed by atoms with Gasteiger partial charge >= 0.3 is 0 Å². The fourth-order valence-corrected chi connectivity index (χ4v) is 2.91. The molecular formula is C15H18N2O2. The van der Waals surface area contributed by atoms with Gasteiger partial charge in [0.1, 0.15) is 11.9 Å². The maximum absolute atomic E-state index is 10.5. The zero-order valence-electron chi connectivity index (χ0n) is 11.4. The van der Waals surface area contributed by atoms with Crippen LogP contribution in [0.5, 0.6) is 5.75 Å². The number of aromatic nitrogens is 2. The zero-order chi connectivity index (χ0) is 13.6. The lowest BCUT2D eigenvalue weighted by molar-refractivity contribution is 0.119. The van der Waals surface area contributed by atoms with E-state index in [1.807, 2.05) is 42.8 Å². The lowest BCUT2D eigenvalue weighted by Gasteiger charge is -2.17. The van der Waals surface area contributed by atoms with Gasteiger partial charge in [-0.2, -0.15) is 5.10 Å². The van der Waals surface area contributed by atoms with Crippen molar-refractivity contribution in [1.82, 2.24) is 9.78 Å². The molecule has 1 aliphatic rings.